The van der Waals surface area contributed by atoms with Gasteiger partial charge in [0.25, 0.3) is 5.91 Å². The van der Waals surface area contributed by atoms with Crippen molar-refractivity contribution in [1.82, 2.24) is 4.90 Å². The van der Waals surface area contributed by atoms with Gasteiger partial charge in [0.05, 0.1) is 23.1 Å². The van der Waals surface area contributed by atoms with Crippen molar-refractivity contribution in [2.75, 3.05) is 18.1 Å². The number of hydrogen-bond donors (Lipinski definition) is 0. The first-order valence-corrected chi connectivity index (χ1v) is 8.80. The largest absolute Gasteiger partial charge is 0.335 e. The lowest BCUT2D eigenvalue weighted by atomic mass is 10.1. The summed E-state index contributed by atoms with van der Waals surface area (Å²) < 4.78 is 23.2. The molecule has 0 spiro atoms. The SMILES string of the molecule is CCCN(C(=O)c1ccc(C#N)cc1)C1CCS(=O)(=O)C1. The summed E-state index contributed by atoms with van der Waals surface area (Å²) in [4.78, 5) is 14.2. The van der Waals surface area contributed by atoms with Crippen LogP contribution in [0.1, 0.15) is 35.7 Å². The van der Waals surface area contributed by atoms with Gasteiger partial charge in [-0.3, -0.25) is 4.79 Å². The fraction of sp³-hybridized carbons (Fsp3) is 0.467. The summed E-state index contributed by atoms with van der Waals surface area (Å²) in [6, 6.07) is 8.21. The monoisotopic (exact) mass is 306 g/mol. The second kappa shape index (κ2) is 6.27. The maximum Gasteiger partial charge on any atom is 0.254 e. The zero-order valence-electron chi connectivity index (χ0n) is 11.9. The van der Waals surface area contributed by atoms with Gasteiger partial charge in [-0.25, -0.2) is 8.42 Å². The summed E-state index contributed by atoms with van der Waals surface area (Å²) in [6.07, 6.45) is 1.28. The van der Waals surface area contributed by atoms with Gasteiger partial charge < -0.3 is 4.90 Å². The van der Waals surface area contributed by atoms with Crippen LogP contribution in [0.4, 0.5) is 0 Å². The normalized spacial score (nSPS) is 19.9. The minimum absolute atomic E-state index is 0.0506. The summed E-state index contributed by atoms with van der Waals surface area (Å²) in [5.41, 5.74) is 0.990. The smallest absolute Gasteiger partial charge is 0.254 e. The molecule has 1 fully saturated rings. The molecule has 1 atom stereocenters. The first kappa shape index (κ1) is 15.5. The van der Waals surface area contributed by atoms with E-state index < -0.39 is 9.84 Å². The maximum absolute atomic E-state index is 12.6. The second-order valence-electron chi connectivity index (χ2n) is 5.24. The number of amides is 1. The van der Waals surface area contributed by atoms with Crippen molar-refractivity contribution >= 4 is 15.7 Å². The molecule has 1 heterocycles. The van der Waals surface area contributed by atoms with Crippen molar-refractivity contribution in [3.8, 4) is 6.07 Å². The molecular formula is C15H18N2O3S. The van der Waals surface area contributed by atoms with Crippen LogP contribution in [0, 0.1) is 11.3 Å². The van der Waals surface area contributed by atoms with Crippen molar-refractivity contribution in [3.63, 3.8) is 0 Å². The van der Waals surface area contributed by atoms with Gasteiger partial charge in [-0.2, -0.15) is 5.26 Å². The highest BCUT2D eigenvalue weighted by molar-refractivity contribution is 7.91. The number of carbonyl (C=O) groups excluding carboxylic acids is 1. The number of sulfone groups is 1. The predicted octanol–water partition coefficient (Wildman–Crippen LogP) is 1.60. The molecule has 0 aromatic heterocycles. The molecular weight excluding hydrogens is 288 g/mol. The zero-order valence-corrected chi connectivity index (χ0v) is 12.8. The molecule has 0 N–H and O–H groups in total. The van der Waals surface area contributed by atoms with Crippen LogP contribution in [0.25, 0.3) is 0 Å². The minimum Gasteiger partial charge on any atom is -0.335 e. The fourth-order valence-electron chi connectivity index (χ4n) is 2.57. The number of carbonyl (C=O) groups is 1. The molecule has 1 aliphatic rings. The molecule has 0 radical (unpaired) electrons. The number of hydrogen-bond acceptors (Lipinski definition) is 4. The van der Waals surface area contributed by atoms with E-state index in [-0.39, 0.29) is 23.5 Å². The predicted molar refractivity (Wildman–Crippen MR) is 79.5 cm³/mol. The number of benzene rings is 1. The summed E-state index contributed by atoms with van der Waals surface area (Å²) in [6.45, 7) is 2.50. The fourth-order valence-corrected chi connectivity index (χ4v) is 4.30. The van der Waals surface area contributed by atoms with Gasteiger partial charge in [0.2, 0.25) is 0 Å². The van der Waals surface area contributed by atoms with Crippen LogP contribution < -0.4 is 0 Å². The lowest BCUT2D eigenvalue weighted by Gasteiger charge is -2.28. The van der Waals surface area contributed by atoms with Gasteiger partial charge in [-0.15, -0.1) is 0 Å². The van der Waals surface area contributed by atoms with Gasteiger partial charge >= 0.3 is 0 Å². The summed E-state index contributed by atoms with van der Waals surface area (Å²) >= 11 is 0. The van der Waals surface area contributed by atoms with Crippen LogP contribution in [-0.2, 0) is 9.84 Å². The number of nitrogens with zero attached hydrogens (tertiary/aromatic N) is 2. The summed E-state index contributed by atoms with van der Waals surface area (Å²) in [7, 11) is -3.02. The van der Waals surface area contributed by atoms with Crippen LogP contribution in [0.15, 0.2) is 24.3 Å². The van der Waals surface area contributed by atoms with Crippen molar-refractivity contribution in [2.45, 2.75) is 25.8 Å². The van der Waals surface area contributed by atoms with Crippen LogP contribution in [-0.4, -0.2) is 43.3 Å². The Bertz CT molecular complexity index is 659. The lowest BCUT2D eigenvalue weighted by molar-refractivity contribution is 0.0697. The van der Waals surface area contributed by atoms with E-state index in [1.165, 1.54) is 0 Å². The molecule has 0 aliphatic carbocycles. The molecule has 112 valence electrons. The van der Waals surface area contributed by atoms with E-state index >= 15 is 0 Å². The van der Waals surface area contributed by atoms with Crippen LogP contribution >= 0.6 is 0 Å². The van der Waals surface area contributed by atoms with E-state index in [1.807, 2.05) is 13.0 Å². The first-order chi connectivity index (χ1) is 9.96. The Morgan fingerprint density at radius 3 is 2.52 bits per heavy atom. The highest BCUT2D eigenvalue weighted by Crippen LogP contribution is 2.20. The highest BCUT2D eigenvalue weighted by Gasteiger charge is 2.34. The molecule has 21 heavy (non-hydrogen) atoms. The molecule has 2 rings (SSSR count). The van der Waals surface area contributed by atoms with E-state index in [0.29, 0.717) is 24.1 Å². The summed E-state index contributed by atoms with van der Waals surface area (Å²) in [5, 5.41) is 8.78. The van der Waals surface area contributed by atoms with Gasteiger partial charge in [0, 0.05) is 18.2 Å². The standard InChI is InChI=1S/C15H18N2O3S/c1-2-8-17(14-7-9-21(19,20)11-14)15(18)13-5-3-12(10-16)4-6-13/h3-6,14H,2,7-9,11H2,1H3. The van der Waals surface area contributed by atoms with Crippen molar-refractivity contribution in [1.29, 1.82) is 5.26 Å². The molecule has 1 aliphatic heterocycles. The van der Waals surface area contributed by atoms with Crippen LogP contribution in [0.3, 0.4) is 0 Å². The molecule has 1 amide bonds. The van der Waals surface area contributed by atoms with Crippen molar-refractivity contribution < 1.29 is 13.2 Å². The highest BCUT2D eigenvalue weighted by atomic mass is 32.2. The zero-order chi connectivity index (χ0) is 15.5. The third-order valence-electron chi connectivity index (χ3n) is 3.64. The molecule has 0 bridgehead atoms. The molecule has 6 heteroatoms. The first-order valence-electron chi connectivity index (χ1n) is 6.98. The Balaban J connectivity index is 2.21. The Morgan fingerprint density at radius 1 is 1.38 bits per heavy atom. The Labute approximate surface area is 125 Å². The lowest BCUT2D eigenvalue weighted by Crippen LogP contribution is -2.41. The van der Waals surface area contributed by atoms with E-state index in [4.69, 9.17) is 5.26 Å². The van der Waals surface area contributed by atoms with E-state index in [0.717, 1.165) is 6.42 Å². The Morgan fingerprint density at radius 2 is 2.05 bits per heavy atom. The summed E-state index contributed by atoms with van der Waals surface area (Å²) in [5.74, 6) is 0.0385. The third-order valence-corrected chi connectivity index (χ3v) is 5.39. The van der Waals surface area contributed by atoms with E-state index in [9.17, 15) is 13.2 Å². The molecule has 1 unspecified atom stereocenters. The van der Waals surface area contributed by atoms with Crippen molar-refractivity contribution in [3.05, 3.63) is 35.4 Å². The Hall–Kier alpha value is -1.87. The quantitative estimate of drug-likeness (QED) is 0.846. The van der Waals surface area contributed by atoms with Gasteiger partial charge in [-0.05, 0) is 37.1 Å². The molecule has 0 saturated carbocycles. The third kappa shape index (κ3) is 3.61. The molecule has 1 aromatic rings. The average molecular weight is 306 g/mol. The minimum atomic E-state index is -3.02. The van der Waals surface area contributed by atoms with E-state index in [2.05, 4.69) is 0 Å². The molecule has 1 aromatic carbocycles. The Kier molecular flexibility index (Phi) is 4.63. The van der Waals surface area contributed by atoms with Crippen LogP contribution in [0.2, 0.25) is 0 Å². The molecule has 1 saturated heterocycles. The van der Waals surface area contributed by atoms with Crippen molar-refractivity contribution in [2.24, 2.45) is 0 Å². The van der Waals surface area contributed by atoms with Gasteiger partial charge in [0.15, 0.2) is 9.84 Å². The average Bonchev–Trinajstić information content (AvgIpc) is 2.84. The maximum atomic E-state index is 12.6. The topological polar surface area (TPSA) is 78.2 Å². The van der Waals surface area contributed by atoms with Gasteiger partial charge in [0.1, 0.15) is 0 Å². The van der Waals surface area contributed by atoms with E-state index in [1.54, 1.807) is 29.2 Å². The van der Waals surface area contributed by atoms with Crippen LogP contribution in [0.5, 0.6) is 0 Å². The second-order valence-corrected chi connectivity index (χ2v) is 7.47. The molecule has 5 nitrogen and oxygen atoms in total. The number of rotatable bonds is 4. The number of nitriles is 1. The van der Waals surface area contributed by atoms with Gasteiger partial charge in [-0.1, -0.05) is 6.92 Å².